The lowest BCUT2D eigenvalue weighted by molar-refractivity contribution is -0.385. The number of allylic oxidation sites excluding steroid dienone is 2. The van der Waals surface area contributed by atoms with Crippen LogP contribution in [0.25, 0.3) is 0 Å². The highest BCUT2D eigenvalue weighted by molar-refractivity contribution is 9.12. The van der Waals surface area contributed by atoms with Gasteiger partial charge in [-0.05, 0) is 24.6 Å². The van der Waals surface area contributed by atoms with Crippen LogP contribution in [0, 0.1) is 10.1 Å². The molecule has 0 fully saturated rings. The number of rotatable bonds is 3. The second kappa shape index (κ2) is 6.62. The first kappa shape index (κ1) is 18.0. The number of halogens is 2. The summed E-state index contributed by atoms with van der Waals surface area (Å²) in [7, 11) is -4.14. The van der Waals surface area contributed by atoms with Crippen molar-refractivity contribution >= 4 is 59.1 Å². The highest BCUT2D eigenvalue weighted by Gasteiger charge is 2.33. The molecule has 0 amide bonds. The molecule has 0 bridgehead atoms. The molecule has 7 nitrogen and oxygen atoms in total. The number of nitrogens with zero attached hydrogens (tertiary/aromatic N) is 2. The number of hydrogen-bond donors (Lipinski definition) is 0. The lowest BCUT2D eigenvalue weighted by atomic mass is 9.98. The molecule has 1 aromatic carbocycles. The number of sulfonamides is 1. The third-order valence-corrected chi connectivity index (χ3v) is 7.04. The number of carbonyl (C=O) groups is 1. The van der Waals surface area contributed by atoms with Gasteiger partial charge in [0.05, 0.1) is 25.2 Å². The summed E-state index contributed by atoms with van der Waals surface area (Å²) >= 11 is 6.43. The number of hydrogen-bond acceptors (Lipinski definition) is 5. The molecule has 0 aromatic heterocycles. The van der Waals surface area contributed by atoms with Crippen molar-refractivity contribution in [2.45, 2.75) is 21.5 Å². The number of nitro benzene ring substituents is 1. The van der Waals surface area contributed by atoms with Crippen molar-refractivity contribution in [2.75, 3.05) is 0 Å². The van der Waals surface area contributed by atoms with E-state index in [0.717, 1.165) is 6.07 Å². The van der Waals surface area contributed by atoms with Crippen molar-refractivity contribution in [2.24, 2.45) is 4.40 Å². The highest BCUT2D eigenvalue weighted by Crippen LogP contribution is 2.28. The fraction of sp³-hybridized carbons (Fsp3) is 0.231. The van der Waals surface area contributed by atoms with E-state index in [1.54, 1.807) is 6.92 Å². The molecule has 2 atom stereocenters. The summed E-state index contributed by atoms with van der Waals surface area (Å²) in [5.74, 6) is -0.198. The molecule has 1 aliphatic carbocycles. The summed E-state index contributed by atoms with van der Waals surface area (Å²) in [5.41, 5.74) is 0.255. The van der Waals surface area contributed by atoms with Crippen LogP contribution in [0.2, 0.25) is 0 Å². The lowest BCUT2D eigenvalue weighted by Crippen LogP contribution is -2.35. The van der Waals surface area contributed by atoms with Crippen molar-refractivity contribution < 1.29 is 18.1 Å². The Hall–Kier alpha value is -1.39. The summed E-state index contributed by atoms with van der Waals surface area (Å²) in [4.78, 5) is 20.2. The zero-order chi connectivity index (χ0) is 17.4. The fourth-order valence-corrected chi connectivity index (χ4v) is 4.31. The Morgan fingerprint density at radius 1 is 1.26 bits per heavy atom. The van der Waals surface area contributed by atoms with Gasteiger partial charge in [-0.3, -0.25) is 14.9 Å². The van der Waals surface area contributed by atoms with Gasteiger partial charge in [-0.15, -0.1) is 0 Å². The first-order chi connectivity index (χ1) is 10.6. The molecular formula is C13H10Br2N2O5S. The van der Waals surface area contributed by atoms with Gasteiger partial charge < -0.3 is 0 Å². The Labute approximate surface area is 148 Å². The summed E-state index contributed by atoms with van der Waals surface area (Å²) in [6, 6.07) is 4.64. The number of nitro groups is 1. The fourth-order valence-electron chi connectivity index (χ4n) is 1.93. The quantitative estimate of drug-likeness (QED) is 0.387. The third-order valence-electron chi connectivity index (χ3n) is 3.10. The van der Waals surface area contributed by atoms with Gasteiger partial charge in [0.15, 0.2) is 5.78 Å². The normalized spacial score (nSPS) is 23.7. The Morgan fingerprint density at radius 3 is 2.52 bits per heavy atom. The lowest BCUT2D eigenvalue weighted by Gasteiger charge is -2.22. The van der Waals surface area contributed by atoms with E-state index < -0.39 is 24.6 Å². The zero-order valence-electron chi connectivity index (χ0n) is 11.6. The molecule has 122 valence electrons. The SMILES string of the molecule is CC1=CC(=O)[C@H](Br)[C@H](Br)C1=NS(=O)(=O)c1cccc([N+](=O)[O-])c1. The van der Waals surface area contributed by atoms with Crippen molar-refractivity contribution in [1.82, 2.24) is 0 Å². The van der Waals surface area contributed by atoms with E-state index in [9.17, 15) is 23.3 Å². The monoisotopic (exact) mass is 464 g/mol. The average Bonchev–Trinajstić information content (AvgIpc) is 2.49. The second-order valence-corrected chi connectivity index (χ2v) is 8.32. The van der Waals surface area contributed by atoms with E-state index in [0.29, 0.717) is 5.57 Å². The minimum absolute atomic E-state index is 0.179. The van der Waals surface area contributed by atoms with Gasteiger partial charge in [-0.25, -0.2) is 0 Å². The molecule has 0 heterocycles. The molecule has 0 N–H and O–H groups in total. The molecule has 0 saturated carbocycles. The van der Waals surface area contributed by atoms with Crippen LogP contribution >= 0.6 is 31.9 Å². The predicted octanol–water partition coefficient (Wildman–Crippen LogP) is 2.78. The van der Waals surface area contributed by atoms with Crippen molar-refractivity contribution in [3.05, 3.63) is 46.0 Å². The van der Waals surface area contributed by atoms with E-state index in [1.165, 1.54) is 24.3 Å². The van der Waals surface area contributed by atoms with Crippen molar-refractivity contribution in [3.63, 3.8) is 0 Å². The Kier molecular flexibility index (Phi) is 5.17. The van der Waals surface area contributed by atoms with Gasteiger partial charge in [-0.1, -0.05) is 37.9 Å². The summed E-state index contributed by atoms with van der Waals surface area (Å²) in [6.07, 6.45) is 1.30. The largest absolute Gasteiger partial charge is 0.294 e. The first-order valence-corrected chi connectivity index (χ1v) is 9.50. The number of carbonyl (C=O) groups excluding carboxylic acids is 1. The molecule has 0 saturated heterocycles. The van der Waals surface area contributed by atoms with Crippen LogP contribution < -0.4 is 0 Å². The van der Waals surface area contributed by atoms with Gasteiger partial charge >= 0.3 is 0 Å². The van der Waals surface area contributed by atoms with Crippen LogP contribution in [0.1, 0.15) is 6.92 Å². The van der Waals surface area contributed by atoms with Gasteiger partial charge in [0.1, 0.15) is 0 Å². The van der Waals surface area contributed by atoms with Gasteiger partial charge in [0.25, 0.3) is 15.7 Å². The molecule has 1 aliphatic rings. The smallest absolute Gasteiger partial charge is 0.282 e. The maximum absolute atomic E-state index is 12.4. The molecule has 0 spiro atoms. The summed E-state index contributed by atoms with van der Waals surface area (Å²) in [5, 5.41) is 10.8. The minimum atomic E-state index is -4.14. The summed E-state index contributed by atoms with van der Waals surface area (Å²) in [6.45, 7) is 1.58. The van der Waals surface area contributed by atoms with Crippen LogP contribution in [0.5, 0.6) is 0 Å². The van der Waals surface area contributed by atoms with E-state index in [2.05, 4.69) is 36.3 Å². The average molecular weight is 466 g/mol. The van der Waals surface area contributed by atoms with E-state index >= 15 is 0 Å². The van der Waals surface area contributed by atoms with Crippen LogP contribution in [0.3, 0.4) is 0 Å². The number of non-ortho nitro benzene ring substituents is 1. The van der Waals surface area contributed by atoms with E-state index in [4.69, 9.17) is 0 Å². The maximum Gasteiger partial charge on any atom is 0.282 e. The summed E-state index contributed by atoms with van der Waals surface area (Å²) < 4.78 is 28.5. The Bertz CT molecular complexity index is 848. The van der Waals surface area contributed by atoms with Crippen LogP contribution in [0.15, 0.2) is 45.2 Å². The molecule has 23 heavy (non-hydrogen) atoms. The number of ketones is 1. The van der Waals surface area contributed by atoms with E-state index in [-0.39, 0.29) is 22.1 Å². The van der Waals surface area contributed by atoms with Crippen LogP contribution in [0.4, 0.5) is 5.69 Å². The maximum atomic E-state index is 12.4. The molecule has 0 radical (unpaired) electrons. The van der Waals surface area contributed by atoms with Crippen LogP contribution in [-0.2, 0) is 14.8 Å². The van der Waals surface area contributed by atoms with Crippen molar-refractivity contribution in [1.29, 1.82) is 0 Å². The van der Waals surface area contributed by atoms with Crippen molar-refractivity contribution in [3.8, 4) is 0 Å². The van der Waals surface area contributed by atoms with E-state index in [1.807, 2.05) is 0 Å². The Morgan fingerprint density at radius 2 is 1.91 bits per heavy atom. The van der Waals surface area contributed by atoms with Crippen LogP contribution in [-0.4, -0.2) is 34.5 Å². The zero-order valence-corrected chi connectivity index (χ0v) is 15.6. The molecular weight excluding hydrogens is 456 g/mol. The van der Waals surface area contributed by atoms with Gasteiger partial charge in [0.2, 0.25) is 0 Å². The van der Waals surface area contributed by atoms with Gasteiger partial charge in [0, 0.05) is 12.1 Å². The molecule has 0 aliphatic heterocycles. The third kappa shape index (κ3) is 3.75. The topological polar surface area (TPSA) is 107 Å². The molecule has 0 unspecified atom stereocenters. The molecule has 1 aromatic rings. The Balaban J connectivity index is 2.52. The van der Waals surface area contributed by atoms with Gasteiger partial charge in [-0.2, -0.15) is 12.8 Å². The molecule has 10 heteroatoms. The standard InChI is InChI=1S/C13H10Br2N2O5S/c1-7-5-10(18)11(14)12(15)13(7)16-23(21,22)9-4-2-3-8(6-9)17(19)20/h2-6,11-12H,1H3/t11-,12-/m0/s1. The molecule has 2 rings (SSSR count). The number of alkyl halides is 2. The highest BCUT2D eigenvalue weighted by atomic mass is 79.9. The predicted molar refractivity (Wildman–Crippen MR) is 91.9 cm³/mol. The number of benzene rings is 1. The first-order valence-electron chi connectivity index (χ1n) is 6.23. The minimum Gasteiger partial charge on any atom is -0.294 e. The second-order valence-electron chi connectivity index (χ2n) is 4.74.